The van der Waals surface area contributed by atoms with E-state index in [1.54, 1.807) is 14.2 Å². The lowest BCUT2D eigenvalue weighted by molar-refractivity contribution is 0.392. The van der Waals surface area contributed by atoms with Crippen molar-refractivity contribution in [2.75, 3.05) is 20.8 Å². The average molecular weight is 242 g/mol. The third-order valence-electron chi connectivity index (χ3n) is 2.93. The molecule has 3 nitrogen and oxygen atoms in total. The molecule has 88 valence electrons. The predicted octanol–water partition coefficient (Wildman–Crippen LogP) is 2.78. The molecular weight excluding hydrogens is 226 g/mol. The zero-order chi connectivity index (χ0) is 11.5. The highest BCUT2D eigenvalue weighted by Crippen LogP contribution is 2.38. The average Bonchev–Trinajstić information content (AvgIpc) is 2.83. The molecule has 0 radical (unpaired) electrons. The summed E-state index contributed by atoms with van der Waals surface area (Å²) >= 11 is 6.12. The van der Waals surface area contributed by atoms with Gasteiger partial charge in [0.2, 0.25) is 0 Å². The first-order valence-corrected chi connectivity index (χ1v) is 5.79. The highest BCUT2D eigenvalue weighted by Gasteiger charge is 2.19. The number of ether oxygens (including phenoxy) is 2. The molecule has 2 rings (SSSR count). The van der Waals surface area contributed by atoms with Crippen LogP contribution in [0.1, 0.15) is 24.4 Å². The number of hydrogen-bond acceptors (Lipinski definition) is 3. The van der Waals surface area contributed by atoms with E-state index in [4.69, 9.17) is 21.1 Å². The van der Waals surface area contributed by atoms with Crippen molar-refractivity contribution in [2.45, 2.75) is 18.9 Å². The fourth-order valence-electron chi connectivity index (χ4n) is 2.06. The van der Waals surface area contributed by atoms with E-state index in [-0.39, 0.29) is 0 Å². The van der Waals surface area contributed by atoms with E-state index in [0.717, 1.165) is 13.0 Å². The second-order valence-electron chi connectivity index (χ2n) is 3.89. The zero-order valence-corrected chi connectivity index (χ0v) is 10.3. The maximum Gasteiger partial charge on any atom is 0.141 e. The molecule has 16 heavy (non-hydrogen) atoms. The molecular formula is C12H16ClNO2. The number of rotatable bonds is 3. The molecule has 4 heteroatoms. The van der Waals surface area contributed by atoms with E-state index >= 15 is 0 Å². The van der Waals surface area contributed by atoms with Gasteiger partial charge in [0.1, 0.15) is 16.5 Å². The van der Waals surface area contributed by atoms with Crippen molar-refractivity contribution < 1.29 is 9.47 Å². The number of hydrogen-bond donors (Lipinski definition) is 1. The van der Waals surface area contributed by atoms with E-state index in [1.165, 1.54) is 12.0 Å². The molecule has 1 aliphatic heterocycles. The predicted molar refractivity (Wildman–Crippen MR) is 64.5 cm³/mol. The van der Waals surface area contributed by atoms with Gasteiger partial charge in [0.15, 0.2) is 0 Å². The summed E-state index contributed by atoms with van der Waals surface area (Å²) in [4.78, 5) is 0. The van der Waals surface area contributed by atoms with Crippen molar-refractivity contribution in [1.29, 1.82) is 0 Å². The van der Waals surface area contributed by atoms with Crippen LogP contribution in [-0.4, -0.2) is 20.8 Å². The Balaban J connectivity index is 2.37. The van der Waals surface area contributed by atoms with Crippen LogP contribution in [0.25, 0.3) is 0 Å². The lowest BCUT2D eigenvalue weighted by Gasteiger charge is -2.15. The Bertz CT molecular complexity index is 350. The molecule has 0 amide bonds. The maximum atomic E-state index is 6.12. The number of benzene rings is 1. The van der Waals surface area contributed by atoms with E-state index in [9.17, 15) is 0 Å². The minimum absolute atomic E-state index is 0.389. The highest BCUT2D eigenvalue weighted by molar-refractivity contribution is 6.33. The summed E-state index contributed by atoms with van der Waals surface area (Å²) in [6.07, 6.45) is 2.35. The summed E-state index contributed by atoms with van der Waals surface area (Å²) in [7, 11) is 3.24. The number of nitrogens with one attached hydrogen (secondary N) is 1. The van der Waals surface area contributed by atoms with Gasteiger partial charge in [-0.3, -0.25) is 0 Å². The Morgan fingerprint density at radius 2 is 1.88 bits per heavy atom. The lowest BCUT2D eigenvalue weighted by Crippen LogP contribution is -2.13. The van der Waals surface area contributed by atoms with Crippen LogP contribution in [-0.2, 0) is 0 Å². The third-order valence-corrected chi connectivity index (χ3v) is 3.30. The summed E-state index contributed by atoms with van der Waals surface area (Å²) in [6.45, 7) is 1.07. The fourth-order valence-corrected chi connectivity index (χ4v) is 2.32. The van der Waals surface area contributed by atoms with E-state index in [1.807, 2.05) is 12.1 Å². The van der Waals surface area contributed by atoms with Crippen LogP contribution >= 0.6 is 11.6 Å². The second kappa shape index (κ2) is 4.93. The van der Waals surface area contributed by atoms with Crippen molar-refractivity contribution >= 4 is 11.6 Å². The fraction of sp³-hybridized carbons (Fsp3) is 0.500. The number of methoxy groups -OCH3 is 2. The van der Waals surface area contributed by atoms with Crippen LogP contribution in [0, 0.1) is 0 Å². The molecule has 0 aromatic heterocycles. The molecule has 0 bridgehead atoms. The second-order valence-corrected chi connectivity index (χ2v) is 4.27. The monoisotopic (exact) mass is 241 g/mol. The van der Waals surface area contributed by atoms with Crippen LogP contribution in [0.15, 0.2) is 12.1 Å². The largest absolute Gasteiger partial charge is 0.495 e. The van der Waals surface area contributed by atoms with E-state index in [0.29, 0.717) is 22.6 Å². The normalized spacial score (nSPS) is 19.8. The Labute approximate surface area is 101 Å². The van der Waals surface area contributed by atoms with Crippen LogP contribution in [0.3, 0.4) is 0 Å². The van der Waals surface area contributed by atoms with Crippen molar-refractivity contribution in [2.24, 2.45) is 0 Å². The van der Waals surface area contributed by atoms with Gasteiger partial charge < -0.3 is 14.8 Å². The number of halogens is 1. The van der Waals surface area contributed by atoms with Crippen molar-refractivity contribution in [3.63, 3.8) is 0 Å². The van der Waals surface area contributed by atoms with Gasteiger partial charge in [0.05, 0.1) is 14.2 Å². The summed E-state index contributed by atoms with van der Waals surface area (Å²) < 4.78 is 10.5. The zero-order valence-electron chi connectivity index (χ0n) is 9.55. The van der Waals surface area contributed by atoms with Crippen LogP contribution < -0.4 is 14.8 Å². The van der Waals surface area contributed by atoms with Gasteiger partial charge in [0, 0.05) is 6.04 Å². The summed E-state index contributed by atoms with van der Waals surface area (Å²) in [5.74, 6) is 1.34. The molecule has 1 N–H and O–H groups in total. The molecule has 0 aliphatic carbocycles. The Morgan fingerprint density at radius 3 is 2.31 bits per heavy atom. The lowest BCUT2D eigenvalue weighted by atomic mass is 10.0. The molecule has 0 spiro atoms. The first-order chi connectivity index (χ1) is 7.76. The van der Waals surface area contributed by atoms with Crippen LogP contribution in [0.2, 0.25) is 5.02 Å². The first-order valence-electron chi connectivity index (χ1n) is 5.41. The van der Waals surface area contributed by atoms with Gasteiger partial charge >= 0.3 is 0 Å². The Kier molecular flexibility index (Phi) is 3.56. The van der Waals surface area contributed by atoms with Gasteiger partial charge in [-0.2, -0.15) is 0 Å². The van der Waals surface area contributed by atoms with E-state index < -0.39 is 0 Å². The van der Waals surface area contributed by atoms with Gasteiger partial charge in [-0.25, -0.2) is 0 Å². The minimum atomic E-state index is 0.389. The summed E-state index contributed by atoms with van der Waals surface area (Å²) in [6, 6.07) is 4.35. The molecule has 1 unspecified atom stereocenters. The smallest absolute Gasteiger partial charge is 0.141 e. The molecule has 1 saturated heterocycles. The summed E-state index contributed by atoms with van der Waals surface area (Å²) in [5, 5.41) is 3.97. The quantitative estimate of drug-likeness (QED) is 0.883. The standard InChI is InChI=1S/C12H16ClNO2/c1-15-10-6-8(9-4-3-5-14-9)7-11(16-2)12(10)13/h6-7,9,14H,3-5H2,1-2H3. The summed E-state index contributed by atoms with van der Waals surface area (Å²) in [5.41, 5.74) is 1.18. The van der Waals surface area contributed by atoms with Crippen molar-refractivity contribution in [1.82, 2.24) is 5.32 Å². The SMILES string of the molecule is COc1cc(C2CCCN2)cc(OC)c1Cl. The molecule has 1 aromatic rings. The van der Waals surface area contributed by atoms with Crippen LogP contribution in [0.5, 0.6) is 11.5 Å². The Morgan fingerprint density at radius 1 is 1.25 bits per heavy atom. The molecule has 1 aromatic carbocycles. The van der Waals surface area contributed by atoms with Gasteiger partial charge in [0.25, 0.3) is 0 Å². The van der Waals surface area contributed by atoms with Gasteiger partial charge in [-0.05, 0) is 37.1 Å². The molecule has 1 fully saturated rings. The van der Waals surface area contributed by atoms with Gasteiger partial charge in [-0.1, -0.05) is 11.6 Å². The molecule has 1 aliphatic rings. The van der Waals surface area contributed by atoms with Crippen molar-refractivity contribution in [3.05, 3.63) is 22.7 Å². The molecule has 1 atom stereocenters. The molecule has 0 saturated carbocycles. The van der Waals surface area contributed by atoms with E-state index in [2.05, 4.69) is 5.32 Å². The van der Waals surface area contributed by atoms with Crippen LogP contribution in [0.4, 0.5) is 0 Å². The maximum absolute atomic E-state index is 6.12. The van der Waals surface area contributed by atoms with Gasteiger partial charge in [-0.15, -0.1) is 0 Å². The first kappa shape index (κ1) is 11.6. The highest BCUT2D eigenvalue weighted by atomic mass is 35.5. The van der Waals surface area contributed by atoms with Crippen molar-refractivity contribution in [3.8, 4) is 11.5 Å². The molecule has 1 heterocycles. The minimum Gasteiger partial charge on any atom is -0.495 e. The third kappa shape index (κ3) is 2.11. The Hall–Kier alpha value is -0.930. The topological polar surface area (TPSA) is 30.5 Å².